The molecule has 0 bridgehead atoms. The monoisotopic (exact) mass is 376 g/mol. The van der Waals surface area contributed by atoms with Gasteiger partial charge in [-0.3, -0.25) is 19.4 Å². The summed E-state index contributed by atoms with van der Waals surface area (Å²) in [5, 5.41) is 9.30. The SMILES string of the molecule is O=c1ccc(-c2ccncc2)nn1CC1CN(Cc2cc3n(n2)CCCC3)C1. The molecule has 1 saturated heterocycles. The van der Waals surface area contributed by atoms with Crippen molar-refractivity contribution in [3.63, 3.8) is 0 Å². The molecule has 0 aliphatic carbocycles. The zero-order chi connectivity index (χ0) is 18.9. The molecule has 5 rings (SSSR count). The number of hydrogen-bond donors (Lipinski definition) is 0. The fourth-order valence-electron chi connectivity index (χ4n) is 4.21. The van der Waals surface area contributed by atoms with Crippen LogP contribution >= 0.6 is 0 Å². The highest BCUT2D eigenvalue weighted by Gasteiger charge is 2.28. The molecule has 0 N–H and O–H groups in total. The van der Waals surface area contributed by atoms with E-state index in [-0.39, 0.29) is 5.56 Å². The number of aryl methyl sites for hydroxylation is 2. The first kappa shape index (κ1) is 17.3. The van der Waals surface area contributed by atoms with E-state index in [1.165, 1.54) is 24.2 Å². The van der Waals surface area contributed by atoms with Crippen LogP contribution in [0.1, 0.15) is 24.2 Å². The van der Waals surface area contributed by atoms with Gasteiger partial charge < -0.3 is 0 Å². The van der Waals surface area contributed by atoms with E-state index in [1.807, 2.05) is 12.1 Å². The van der Waals surface area contributed by atoms with Crippen molar-refractivity contribution in [2.24, 2.45) is 5.92 Å². The van der Waals surface area contributed by atoms with Crippen LogP contribution in [-0.2, 0) is 26.1 Å². The molecule has 0 aromatic carbocycles. The van der Waals surface area contributed by atoms with Gasteiger partial charge >= 0.3 is 0 Å². The second-order valence-electron chi connectivity index (χ2n) is 7.84. The Morgan fingerprint density at radius 3 is 2.71 bits per heavy atom. The van der Waals surface area contributed by atoms with Crippen molar-refractivity contribution in [3.05, 3.63) is 64.5 Å². The van der Waals surface area contributed by atoms with Crippen LogP contribution in [0, 0.1) is 5.92 Å². The van der Waals surface area contributed by atoms with Gasteiger partial charge in [0, 0.05) is 61.8 Å². The van der Waals surface area contributed by atoms with Crippen LogP contribution in [0.3, 0.4) is 0 Å². The third-order valence-electron chi connectivity index (χ3n) is 5.66. The molecule has 144 valence electrons. The summed E-state index contributed by atoms with van der Waals surface area (Å²) < 4.78 is 3.78. The van der Waals surface area contributed by atoms with Gasteiger partial charge in [0.1, 0.15) is 0 Å². The third-order valence-corrected chi connectivity index (χ3v) is 5.66. The van der Waals surface area contributed by atoms with Crippen molar-refractivity contribution in [1.29, 1.82) is 0 Å². The number of rotatable bonds is 5. The Kier molecular flexibility index (Phi) is 4.52. The molecule has 0 atom stereocenters. The fourth-order valence-corrected chi connectivity index (χ4v) is 4.21. The van der Waals surface area contributed by atoms with Crippen molar-refractivity contribution in [2.45, 2.75) is 38.9 Å². The fraction of sp³-hybridized carbons (Fsp3) is 0.429. The van der Waals surface area contributed by atoms with E-state index < -0.39 is 0 Å². The van der Waals surface area contributed by atoms with E-state index in [0.717, 1.165) is 43.9 Å². The average Bonchev–Trinajstić information content (AvgIpc) is 3.11. The van der Waals surface area contributed by atoms with Crippen molar-refractivity contribution in [3.8, 4) is 11.3 Å². The molecule has 7 nitrogen and oxygen atoms in total. The summed E-state index contributed by atoms with van der Waals surface area (Å²) >= 11 is 0. The molecule has 2 aliphatic heterocycles. The van der Waals surface area contributed by atoms with Gasteiger partial charge in [0.15, 0.2) is 0 Å². The van der Waals surface area contributed by atoms with Crippen LogP contribution in [0.25, 0.3) is 11.3 Å². The van der Waals surface area contributed by atoms with Gasteiger partial charge in [-0.25, -0.2) is 4.68 Å². The van der Waals surface area contributed by atoms with Crippen LogP contribution in [0.5, 0.6) is 0 Å². The molecule has 0 saturated carbocycles. The van der Waals surface area contributed by atoms with E-state index in [1.54, 1.807) is 29.2 Å². The second-order valence-corrected chi connectivity index (χ2v) is 7.84. The predicted octanol–water partition coefficient (Wildman–Crippen LogP) is 1.97. The van der Waals surface area contributed by atoms with Crippen molar-refractivity contribution in [1.82, 2.24) is 29.4 Å². The number of pyridine rings is 1. The Hall–Kier alpha value is -2.80. The Morgan fingerprint density at radius 2 is 1.89 bits per heavy atom. The van der Waals surface area contributed by atoms with Gasteiger partial charge in [0.05, 0.1) is 17.9 Å². The van der Waals surface area contributed by atoms with Gasteiger partial charge in [0.2, 0.25) is 0 Å². The van der Waals surface area contributed by atoms with Crippen LogP contribution < -0.4 is 5.56 Å². The highest BCUT2D eigenvalue weighted by Crippen LogP contribution is 2.22. The average molecular weight is 376 g/mol. The van der Waals surface area contributed by atoms with Crippen molar-refractivity contribution in [2.75, 3.05) is 13.1 Å². The summed E-state index contributed by atoms with van der Waals surface area (Å²) in [5.41, 5.74) is 4.29. The molecule has 7 heteroatoms. The molecule has 5 heterocycles. The Labute approximate surface area is 163 Å². The quantitative estimate of drug-likeness (QED) is 0.681. The summed E-state index contributed by atoms with van der Waals surface area (Å²) in [6, 6.07) is 9.46. The molecule has 3 aromatic rings. The van der Waals surface area contributed by atoms with E-state index >= 15 is 0 Å². The number of likely N-dealkylation sites (tertiary alicyclic amines) is 1. The Balaban J connectivity index is 1.21. The lowest BCUT2D eigenvalue weighted by molar-refractivity contribution is 0.0752. The lowest BCUT2D eigenvalue weighted by Gasteiger charge is -2.38. The maximum Gasteiger partial charge on any atom is 0.266 e. The van der Waals surface area contributed by atoms with Crippen LogP contribution in [0.4, 0.5) is 0 Å². The molecule has 1 fully saturated rings. The molecular formula is C21H24N6O. The first-order chi connectivity index (χ1) is 13.7. The molecular weight excluding hydrogens is 352 g/mol. The zero-order valence-corrected chi connectivity index (χ0v) is 15.9. The first-order valence-electron chi connectivity index (χ1n) is 10.0. The zero-order valence-electron chi connectivity index (χ0n) is 15.9. The maximum absolute atomic E-state index is 12.2. The molecule has 3 aromatic heterocycles. The Bertz CT molecular complexity index is 995. The van der Waals surface area contributed by atoms with Gasteiger partial charge in [-0.15, -0.1) is 0 Å². The summed E-state index contributed by atoms with van der Waals surface area (Å²) in [7, 11) is 0. The minimum atomic E-state index is -0.0435. The summed E-state index contributed by atoms with van der Waals surface area (Å²) in [4.78, 5) is 18.7. The minimum absolute atomic E-state index is 0.0435. The van der Waals surface area contributed by atoms with Crippen molar-refractivity contribution < 1.29 is 0 Å². The number of fused-ring (bicyclic) bond motifs is 1. The predicted molar refractivity (Wildman–Crippen MR) is 106 cm³/mol. The minimum Gasteiger partial charge on any atom is -0.297 e. The normalized spacial score (nSPS) is 17.3. The molecule has 2 aliphatic rings. The molecule has 0 radical (unpaired) electrons. The van der Waals surface area contributed by atoms with Gasteiger partial charge in [-0.1, -0.05) is 0 Å². The summed E-state index contributed by atoms with van der Waals surface area (Å²) in [6.45, 7) is 4.58. The van der Waals surface area contributed by atoms with Gasteiger partial charge in [-0.05, 0) is 43.5 Å². The largest absolute Gasteiger partial charge is 0.297 e. The van der Waals surface area contributed by atoms with E-state index in [9.17, 15) is 4.79 Å². The molecule has 0 spiro atoms. The van der Waals surface area contributed by atoms with E-state index in [4.69, 9.17) is 5.10 Å². The molecule has 28 heavy (non-hydrogen) atoms. The van der Waals surface area contributed by atoms with Crippen molar-refractivity contribution >= 4 is 0 Å². The van der Waals surface area contributed by atoms with Crippen LogP contribution in [0.2, 0.25) is 0 Å². The Morgan fingerprint density at radius 1 is 1.04 bits per heavy atom. The molecule has 0 unspecified atom stereocenters. The van der Waals surface area contributed by atoms with Gasteiger partial charge in [0.25, 0.3) is 5.56 Å². The second kappa shape index (κ2) is 7.31. The smallest absolute Gasteiger partial charge is 0.266 e. The van der Waals surface area contributed by atoms with E-state index in [2.05, 4.69) is 25.7 Å². The topological polar surface area (TPSA) is 68.8 Å². The van der Waals surface area contributed by atoms with E-state index in [0.29, 0.717) is 12.5 Å². The van der Waals surface area contributed by atoms with Crippen LogP contribution in [0.15, 0.2) is 47.5 Å². The first-order valence-corrected chi connectivity index (χ1v) is 10.0. The summed E-state index contributed by atoms with van der Waals surface area (Å²) in [5.74, 6) is 0.454. The standard InChI is InChI=1S/C21H24N6O/c28-21-5-4-20(17-6-8-22-9-7-17)24-27(21)14-16-12-25(13-16)15-18-11-19-3-1-2-10-26(19)23-18/h4-9,11,16H,1-3,10,12-15H2. The highest BCUT2D eigenvalue weighted by atomic mass is 16.1. The lowest BCUT2D eigenvalue weighted by atomic mass is 10.00. The number of aromatic nitrogens is 5. The van der Waals surface area contributed by atoms with Crippen LogP contribution in [-0.4, -0.2) is 42.5 Å². The third kappa shape index (κ3) is 3.49. The maximum atomic E-state index is 12.2. The highest BCUT2D eigenvalue weighted by molar-refractivity contribution is 5.56. The number of hydrogen-bond acceptors (Lipinski definition) is 5. The van der Waals surface area contributed by atoms with Gasteiger partial charge in [-0.2, -0.15) is 10.2 Å². The molecule has 0 amide bonds. The summed E-state index contributed by atoms with van der Waals surface area (Å²) in [6.07, 6.45) is 7.14. The number of nitrogens with zero attached hydrogens (tertiary/aromatic N) is 6. The lowest BCUT2D eigenvalue weighted by Crippen LogP contribution is -2.49.